The van der Waals surface area contributed by atoms with Crippen LogP contribution in [-0.4, -0.2) is 23.6 Å². The molecule has 0 aliphatic carbocycles. The van der Waals surface area contributed by atoms with Crippen molar-refractivity contribution in [2.75, 3.05) is 6.61 Å². The van der Waals surface area contributed by atoms with Crippen LogP contribution in [0.3, 0.4) is 0 Å². The smallest absolute Gasteiger partial charge is 0.345 e. The number of alkyl halides is 3. The van der Waals surface area contributed by atoms with Gasteiger partial charge >= 0.3 is 6.36 Å². The maximum atomic E-state index is 12.0. The van der Waals surface area contributed by atoms with Crippen LogP contribution in [0.25, 0.3) is 10.9 Å². The number of benzene rings is 1. The third-order valence-electron chi connectivity index (χ3n) is 3.04. The predicted molar refractivity (Wildman–Crippen MR) is 71.3 cm³/mol. The van der Waals surface area contributed by atoms with E-state index in [9.17, 15) is 13.2 Å². The topological polar surface area (TPSA) is 40.2 Å². The fourth-order valence-electron chi connectivity index (χ4n) is 2.27. The maximum absolute atomic E-state index is 12.0. The highest BCUT2D eigenvalue weighted by molar-refractivity contribution is 5.83. The summed E-state index contributed by atoms with van der Waals surface area (Å²) < 4.78 is 41.4. The summed E-state index contributed by atoms with van der Waals surface area (Å²) in [5.41, 5.74) is 7.80. The van der Waals surface area contributed by atoms with Crippen molar-refractivity contribution in [2.45, 2.75) is 32.3 Å². The van der Waals surface area contributed by atoms with E-state index in [0.29, 0.717) is 0 Å². The van der Waals surface area contributed by atoms with Crippen LogP contribution >= 0.6 is 0 Å². The van der Waals surface area contributed by atoms with Crippen LogP contribution in [0.1, 0.15) is 12.5 Å². The molecule has 0 aliphatic heterocycles. The first kappa shape index (κ1) is 14.9. The molecule has 1 heterocycles. The predicted octanol–water partition coefficient (Wildman–Crippen LogP) is 3.07. The molecule has 110 valence electrons. The third-order valence-corrected chi connectivity index (χ3v) is 3.04. The van der Waals surface area contributed by atoms with Gasteiger partial charge in [-0.1, -0.05) is 12.1 Å². The number of hydrogen-bond acceptors (Lipinski definition) is 2. The van der Waals surface area contributed by atoms with Gasteiger partial charge in [0.15, 0.2) is 0 Å². The molecule has 1 unspecified atom stereocenters. The van der Waals surface area contributed by atoms with E-state index in [4.69, 9.17) is 5.73 Å². The average Bonchev–Trinajstić information content (AvgIpc) is 2.71. The van der Waals surface area contributed by atoms with Gasteiger partial charge in [-0.2, -0.15) is 0 Å². The Kier molecular flexibility index (Phi) is 4.35. The molecule has 0 bridgehead atoms. The fraction of sp³-hybridized carbons (Fsp3) is 0.429. The summed E-state index contributed by atoms with van der Waals surface area (Å²) in [6, 6.07) is 7.70. The zero-order valence-electron chi connectivity index (χ0n) is 11.2. The lowest BCUT2D eigenvalue weighted by Gasteiger charge is -2.10. The van der Waals surface area contributed by atoms with Gasteiger partial charge in [0.05, 0.1) is 6.61 Å². The van der Waals surface area contributed by atoms with Gasteiger partial charge in [0.2, 0.25) is 0 Å². The number of hydrogen-bond donors (Lipinski definition) is 1. The molecule has 0 saturated heterocycles. The molecule has 2 rings (SSSR count). The Labute approximate surface area is 115 Å². The minimum atomic E-state index is -4.58. The molecule has 2 N–H and O–H groups in total. The molecular weight excluding hydrogens is 269 g/mol. The largest absolute Gasteiger partial charge is 0.522 e. The standard InChI is InChI=1S/C14H17F3N2O/c1-10(18)9-11-3-2-4-13-12(11)5-6-19(13)7-8-20-14(15,16)17/h2-6,10H,7-9,18H2,1H3. The lowest BCUT2D eigenvalue weighted by atomic mass is 10.0. The molecule has 1 aromatic carbocycles. The summed E-state index contributed by atoms with van der Waals surface area (Å²) in [5, 5.41) is 1.02. The molecule has 3 nitrogen and oxygen atoms in total. The van der Waals surface area contributed by atoms with Crippen molar-refractivity contribution in [3.05, 3.63) is 36.0 Å². The van der Waals surface area contributed by atoms with E-state index in [0.717, 1.165) is 22.9 Å². The van der Waals surface area contributed by atoms with E-state index >= 15 is 0 Å². The monoisotopic (exact) mass is 286 g/mol. The maximum Gasteiger partial charge on any atom is 0.522 e. The van der Waals surface area contributed by atoms with Crippen molar-refractivity contribution in [2.24, 2.45) is 5.73 Å². The van der Waals surface area contributed by atoms with Crippen molar-refractivity contribution in [3.63, 3.8) is 0 Å². The van der Waals surface area contributed by atoms with Gasteiger partial charge < -0.3 is 10.3 Å². The summed E-state index contributed by atoms with van der Waals surface area (Å²) in [4.78, 5) is 0. The molecule has 0 spiro atoms. The fourth-order valence-corrected chi connectivity index (χ4v) is 2.27. The van der Waals surface area contributed by atoms with E-state index < -0.39 is 13.0 Å². The number of nitrogens with two attached hydrogens (primary N) is 1. The second-order valence-corrected chi connectivity index (χ2v) is 4.83. The summed E-state index contributed by atoms with van der Waals surface area (Å²) in [6.07, 6.45) is -2.07. The van der Waals surface area contributed by atoms with E-state index in [1.165, 1.54) is 0 Å². The molecule has 6 heteroatoms. The number of fused-ring (bicyclic) bond motifs is 1. The second-order valence-electron chi connectivity index (χ2n) is 4.83. The van der Waals surface area contributed by atoms with Crippen molar-refractivity contribution in [1.29, 1.82) is 0 Å². The van der Waals surface area contributed by atoms with Crippen LogP contribution in [0.5, 0.6) is 0 Å². The number of rotatable bonds is 5. The molecule has 0 fully saturated rings. The van der Waals surface area contributed by atoms with Gasteiger partial charge in [0.1, 0.15) is 0 Å². The summed E-state index contributed by atoms with van der Waals surface area (Å²) in [6.45, 7) is 1.68. The van der Waals surface area contributed by atoms with Crippen molar-refractivity contribution >= 4 is 10.9 Å². The molecule has 20 heavy (non-hydrogen) atoms. The second kappa shape index (κ2) is 5.85. The SMILES string of the molecule is CC(N)Cc1cccc2c1ccn2CCOC(F)(F)F. The molecule has 1 atom stereocenters. The Morgan fingerprint density at radius 3 is 2.70 bits per heavy atom. The number of aromatic nitrogens is 1. The van der Waals surface area contributed by atoms with Gasteiger partial charge in [-0.15, -0.1) is 13.2 Å². The lowest BCUT2D eigenvalue weighted by molar-refractivity contribution is -0.325. The lowest BCUT2D eigenvalue weighted by Crippen LogP contribution is -2.18. The minimum Gasteiger partial charge on any atom is -0.345 e. The number of halogens is 3. The van der Waals surface area contributed by atoms with Gasteiger partial charge in [-0.25, -0.2) is 0 Å². The Hall–Kier alpha value is -1.53. The minimum absolute atomic E-state index is 0.0394. The molecule has 1 aromatic heterocycles. The van der Waals surface area contributed by atoms with Crippen LogP contribution in [0.4, 0.5) is 13.2 Å². The van der Waals surface area contributed by atoms with Gasteiger partial charge in [-0.3, -0.25) is 4.74 Å². The normalized spacial score (nSPS) is 13.8. The highest BCUT2D eigenvalue weighted by Gasteiger charge is 2.28. The summed E-state index contributed by atoms with van der Waals surface area (Å²) in [5.74, 6) is 0. The number of nitrogens with zero attached hydrogens (tertiary/aromatic N) is 1. The first-order chi connectivity index (χ1) is 9.37. The first-order valence-corrected chi connectivity index (χ1v) is 6.40. The molecule has 0 aliphatic rings. The molecule has 0 amide bonds. The van der Waals surface area contributed by atoms with Crippen LogP contribution in [0.2, 0.25) is 0 Å². The van der Waals surface area contributed by atoms with E-state index in [1.807, 2.05) is 31.2 Å². The third kappa shape index (κ3) is 3.74. The quantitative estimate of drug-likeness (QED) is 0.917. The highest BCUT2D eigenvalue weighted by atomic mass is 19.4. The van der Waals surface area contributed by atoms with Gasteiger partial charge in [0.25, 0.3) is 0 Å². The zero-order valence-corrected chi connectivity index (χ0v) is 11.2. The van der Waals surface area contributed by atoms with Crippen LogP contribution in [0, 0.1) is 0 Å². The number of ether oxygens (including phenoxy) is 1. The van der Waals surface area contributed by atoms with E-state index in [1.54, 1.807) is 10.8 Å². The van der Waals surface area contributed by atoms with Crippen molar-refractivity contribution in [3.8, 4) is 0 Å². The summed E-state index contributed by atoms with van der Waals surface area (Å²) >= 11 is 0. The molecular formula is C14H17F3N2O. The van der Waals surface area contributed by atoms with Gasteiger partial charge in [0, 0.05) is 29.7 Å². The van der Waals surface area contributed by atoms with Gasteiger partial charge in [-0.05, 0) is 31.0 Å². The Balaban J connectivity index is 2.16. The first-order valence-electron chi connectivity index (χ1n) is 6.40. The average molecular weight is 286 g/mol. The van der Waals surface area contributed by atoms with Crippen LogP contribution in [0.15, 0.2) is 30.5 Å². The van der Waals surface area contributed by atoms with Crippen LogP contribution in [-0.2, 0) is 17.7 Å². The Morgan fingerprint density at radius 2 is 2.05 bits per heavy atom. The van der Waals surface area contributed by atoms with E-state index in [-0.39, 0.29) is 12.6 Å². The highest BCUT2D eigenvalue weighted by Crippen LogP contribution is 2.22. The summed E-state index contributed by atoms with van der Waals surface area (Å²) in [7, 11) is 0. The molecule has 0 radical (unpaired) electrons. The molecule has 0 saturated carbocycles. The van der Waals surface area contributed by atoms with Crippen molar-refractivity contribution in [1.82, 2.24) is 4.57 Å². The van der Waals surface area contributed by atoms with E-state index in [2.05, 4.69) is 4.74 Å². The zero-order chi connectivity index (χ0) is 14.8. The Bertz CT molecular complexity index is 575. The van der Waals surface area contributed by atoms with Crippen molar-refractivity contribution < 1.29 is 17.9 Å². The molecule has 2 aromatic rings. The van der Waals surface area contributed by atoms with Crippen LogP contribution < -0.4 is 5.73 Å². The Morgan fingerprint density at radius 1 is 1.30 bits per heavy atom.